The number of hydrogen-bond acceptors (Lipinski definition) is 2. The molecule has 104 valence electrons. The molecule has 1 atom stereocenters. The molecule has 0 spiro atoms. The second kappa shape index (κ2) is 4.93. The molecule has 0 saturated carbocycles. The smallest absolute Gasteiger partial charge is 0.0568 e. The van der Waals surface area contributed by atoms with Crippen LogP contribution in [0, 0.1) is 12.3 Å². The SMILES string of the molecule is Cc1ccncc1NC1c2ccccc2CCC1(C)C. The van der Waals surface area contributed by atoms with Crippen LogP contribution in [0.2, 0.25) is 0 Å². The zero-order valence-corrected chi connectivity index (χ0v) is 12.5. The van der Waals surface area contributed by atoms with Crippen LogP contribution in [0.4, 0.5) is 5.69 Å². The molecule has 0 aliphatic heterocycles. The highest BCUT2D eigenvalue weighted by Crippen LogP contribution is 2.45. The third-order valence-electron chi connectivity index (χ3n) is 4.53. The third-order valence-corrected chi connectivity index (χ3v) is 4.53. The van der Waals surface area contributed by atoms with Crippen LogP contribution in [0.3, 0.4) is 0 Å². The Balaban J connectivity index is 2.00. The maximum Gasteiger partial charge on any atom is 0.0568 e. The van der Waals surface area contributed by atoms with E-state index in [1.165, 1.54) is 29.5 Å². The van der Waals surface area contributed by atoms with Crippen LogP contribution in [0.1, 0.15) is 43.0 Å². The van der Waals surface area contributed by atoms with E-state index in [2.05, 4.69) is 61.4 Å². The van der Waals surface area contributed by atoms with Gasteiger partial charge in [0.25, 0.3) is 0 Å². The minimum atomic E-state index is 0.247. The fourth-order valence-corrected chi connectivity index (χ4v) is 3.11. The first-order valence-electron chi connectivity index (χ1n) is 7.33. The molecule has 1 aromatic heterocycles. The highest BCUT2D eigenvalue weighted by atomic mass is 15.0. The number of rotatable bonds is 2. The van der Waals surface area contributed by atoms with E-state index in [4.69, 9.17) is 0 Å². The van der Waals surface area contributed by atoms with Crippen molar-refractivity contribution >= 4 is 5.69 Å². The molecular weight excluding hydrogens is 244 g/mol. The lowest BCUT2D eigenvalue weighted by Gasteiger charge is -2.41. The maximum atomic E-state index is 4.25. The lowest BCUT2D eigenvalue weighted by Crippen LogP contribution is -2.33. The number of nitrogens with zero attached hydrogens (tertiary/aromatic N) is 1. The minimum absolute atomic E-state index is 0.247. The average Bonchev–Trinajstić information content (AvgIpc) is 2.44. The Bertz CT molecular complexity index is 616. The molecular formula is C18H22N2. The fraction of sp³-hybridized carbons (Fsp3) is 0.389. The molecule has 2 aromatic rings. The van der Waals surface area contributed by atoms with Crippen molar-refractivity contribution in [3.63, 3.8) is 0 Å². The summed E-state index contributed by atoms with van der Waals surface area (Å²) in [6.07, 6.45) is 6.16. The summed E-state index contributed by atoms with van der Waals surface area (Å²) in [5, 5.41) is 3.73. The molecule has 2 heteroatoms. The van der Waals surface area contributed by atoms with E-state index in [0.717, 1.165) is 5.69 Å². The van der Waals surface area contributed by atoms with Crippen molar-refractivity contribution < 1.29 is 0 Å². The van der Waals surface area contributed by atoms with Gasteiger partial charge in [0.1, 0.15) is 0 Å². The highest BCUT2D eigenvalue weighted by molar-refractivity contribution is 5.51. The summed E-state index contributed by atoms with van der Waals surface area (Å²) in [6.45, 7) is 6.84. The first-order chi connectivity index (χ1) is 9.58. The predicted molar refractivity (Wildman–Crippen MR) is 83.9 cm³/mol. The second-order valence-electron chi connectivity index (χ2n) is 6.46. The van der Waals surface area contributed by atoms with Gasteiger partial charge in [0.2, 0.25) is 0 Å². The molecule has 0 radical (unpaired) electrons. The number of hydrogen-bond donors (Lipinski definition) is 1. The normalized spacial score (nSPS) is 20.2. The topological polar surface area (TPSA) is 24.9 Å². The van der Waals surface area contributed by atoms with E-state index in [0.29, 0.717) is 6.04 Å². The van der Waals surface area contributed by atoms with Gasteiger partial charge in [-0.3, -0.25) is 4.98 Å². The standard InChI is InChI=1S/C18H22N2/c1-13-9-11-19-12-16(13)20-17-15-7-5-4-6-14(15)8-10-18(17,2)3/h4-7,9,11-12,17,20H,8,10H2,1-3H3. The summed E-state index contributed by atoms with van der Waals surface area (Å²) in [7, 11) is 0. The molecule has 0 bridgehead atoms. The Morgan fingerprint density at radius 2 is 2.00 bits per heavy atom. The van der Waals surface area contributed by atoms with Crippen molar-refractivity contribution in [2.45, 2.75) is 39.7 Å². The molecule has 3 rings (SSSR count). The lowest BCUT2D eigenvalue weighted by molar-refractivity contribution is 0.265. The largest absolute Gasteiger partial charge is 0.376 e. The number of nitrogens with one attached hydrogen (secondary N) is 1. The van der Waals surface area contributed by atoms with Gasteiger partial charge in [-0.2, -0.15) is 0 Å². The van der Waals surface area contributed by atoms with Gasteiger partial charge >= 0.3 is 0 Å². The van der Waals surface area contributed by atoms with Gasteiger partial charge in [-0.1, -0.05) is 38.1 Å². The van der Waals surface area contributed by atoms with Crippen LogP contribution in [0.25, 0.3) is 0 Å². The van der Waals surface area contributed by atoms with Gasteiger partial charge in [-0.25, -0.2) is 0 Å². The fourth-order valence-electron chi connectivity index (χ4n) is 3.11. The van der Waals surface area contributed by atoms with E-state index >= 15 is 0 Å². The molecule has 1 heterocycles. The molecule has 1 N–H and O–H groups in total. The van der Waals surface area contributed by atoms with Gasteiger partial charge in [-0.15, -0.1) is 0 Å². The van der Waals surface area contributed by atoms with Crippen LogP contribution in [0.15, 0.2) is 42.7 Å². The number of anilines is 1. The Hall–Kier alpha value is -1.83. The van der Waals surface area contributed by atoms with Crippen molar-refractivity contribution in [1.29, 1.82) is 0 Å². The number of fused-ring (bicyclic) bond motifs is 1. The Morgan fingerprint density at radius 3 is 2.80 bits per heavy atom. The molecule has 1 aromatic carbocycles. The summed E-state index contributed by atoms with van der Waals surface area (Å²) >= 11 is 0. The zero-order chi connectivity index (χ0) is 14.2. The second-order valence-corrected chi connectivity index (χ2v) is 6.46. The Morgan fingerprint density at radius 1 is 1.20 bits per heavy atom. The lowest BCUT2D eigenvalue weighted by atomic mass is 9.70. The van der Waals surface area contributed by atoms with Gasteiger partial charge in [-0.05, 0) is 47.9 Å². The van der Waals surface area contributed by atoms with Crippen LogP contribution >= 0.6 is 0 Å². The highest BCUT2D eigenvalue weighted by Gasteiger charge is 2.35. The Kier molecular flexibility index (Phi) is 3.25. The van der Waals surface area contributed by atoms with Crippen molar-refractivity contribution in [1.82, 2.24) is 4.98 Å². The first-order valence-corrected chi connectivity index (χ1v) is 7.33. The number of aromatic nitrogens is 1. The number of aryl methyl sites for hydroxylation is 2. The van der Waals surface area contributed by atoms with Crippen LogP contribution in [-0.2, 0) is 6.42 Å². The van der Waals surface area contributed by atoms with E-state index in [1.54, 1.807) is 0 Å². The summed E-state index contributed by atoms with van der Waals surface area (Å²) in [6, 6.07) is 11.2. The first kappa shape index (κ1) is 13.2. The van der Waals surface area contributed by atoms with Gasteiger partial charge in [0, 0.05) is 6.20 Å². The van der Waals surface area contributed by atoms with Crippen LogP contribution in [0.5, 0.6) is 0 Å². The maximum absolute atomic E-state index is 4.25. The monoisotopic (exact) mass is 266 g/mol. The van der Waals surface area contributed by atoms with E-state index < -0.39 is 0 Å². The zero-order valence-electron chi connectivity index (χ0n) is 12.5. The van der Waals surface area contributed by atoms with Gasteiger partial charge in [0.15, 0.2) is 0 Å². The number of pyridine rings is 1. The molecule has 20 heavy (non-hydrogen) atoms. The van der Waals surface area contributed by atoms with Gasteiger partial charge in [0.05, 0.1) is 17.9 Å². The van der Waals surface area contributed by atoms with Crippen LogP contribution < -0.4 is 5.32 Å². The van der Waals surface area contributed by atoms with E-state index in [-0.39, 0.29) is 5.41 Å². The molecule has 1 aliphatic carbocycles. The summed E-state index contributed by atoms with van der Waals surface area (Å²) in [5.74, 6) is 0. The Labute approximate surface area is 121 Å². The van der Waals surface area contributed by atoms with Crippen molar-refractivity contribution in [2.24, 2.45) is 5.41 Å². The van der Waals surface area contributed by atoms with Crippen LogP contribution in [-0.4, -0.2) is 4.98 Å². The molecule has 0 fully saturated rings. The summed E-state index contributed by atoms with van der Waals surface area (Å²) in [4.78, 5) is 4.25. The third kappa shape index (κ3) is 2.31. The van der Waals surface area contributed by atoms with E-state index in [9.17, 15) is 0 Å². The van der Waals surface area contributed by atoms with Crippen molar-refractivity contribution in [2.75, 3.05) is 5.32 Å². The summed E-state index contributed by atoms with van der Waals surface area (Å²) in [5.41, 5.74) is 5.55. The summed E-state index contributed by atoms with van der Waals surface area (Å²) < 4.78 is 0. The van der Waals surface area contributed by atoms with Crippen molar-refractivity contribution in [3.05, 3.63) is 59.4 Å². The molecule has 2 nitrogen and oxygen atoms in total. The molecule has 1 aliphatic rings. The molecule has 0 amide bonds. The molecule has 1 unspecified atom stereocenters. The number of benzene rings is 1. The van der Waals surface area contributed by atoms with Crippen molar-refractivity contribution in [3.8, 4) is 0 Å². The predicted octanol–water partition coefficient (Wildman–Crippen LogP) is 4.52. The minimum Gasteiger partial charge on any atom is -0.376 e. The quantitative estimate of drug-likeness (QED) is 0.864. The molecule has 0 saturated heterocycles. The van der Waals surface area contributed by atoms with E-state index in [1.807, 2.05) is 12.4 Å². The average molecular weight is 266 g/mol. The van der Waals surface area contributed by atoms with Gasteiger partial charge < -0.3 is 5.32 Å².